The van der Waals surface area contributed by atoms with Gasteiger partial charge in [-0.3, -0.25) is 14.2 Å². The zero-order valence-corrected chi connectivity index (χ0v) is 16.5. The van der Waals surface area contributed by atoms with Gasteiger partial charge in [0.15, 0.2) is 0 Å². The number of nitrogens with zero attached hydrogens (tertiary/aromatic N) is 3. The molecule has 29 heavy (non-hydrogen) atoms. The topological polar surface area (TPSA) is 68.3 Å². The number of aromatic nitrogens is 2. The molecule has 1 amide bonds. The Hall–Kier alpha value is -3.67. The maximum Gasteiger partial charge on any atom is 0.265 e. The first-order valence-corrected chi connectivity index (χ1v) is 9.33. The molecular weight excluding hydrogens is 366 g/mol. The third-order valence-corrected chi connectivity index (χ3v) is 4.85. The van der Waals surface area contributed by atoms with Crippen LogP contribution in [0.5, 0.6) is 0 Å². The van der Waals surface area contributed by atoms with Crippen LogP contribution in [0.2, 0.25) is 0 Å². The summed E-state index contributed by atoms with van der Waals surface area (Å²) in [6.45, 7) is 4.06. The van der Waals surface area contributed by atoms with Gasteiger partial charge in [0.2, 0.25) is 0 Å². The van der Waals surface area contributed by atoms with Crippen molar-refractivity contribution in [2.24, 2.45) is 0 Å². The lowest BCUT2D eigenvalue weighted by molar-refractivity contribution is 0.0775. The summed E-state index contributed by atoms with van der Waals surface area (Å²) in [4.78, 5) is 31.8. The van der Waals surface area contributed by atoms with E-state index in [2.05, 4.69) is 4.98 Å². The van der Waals surface area contributed by atoms with E-state index in [1.807, 2.05) is 37.3 Å². The molecule has 0 saturated heterocycles. The predicted octanol–water partition coefficient (Wildman–Crippen LogP) is 3.87. The van der Waals surface area contributed by atoms with Gasteiger partial charge in [0.05, 0.1) is 23.1 Å². The number of carbonyl (C=O) groups excluding carboxylic acids is 1. The predicted molar refractivity (Wildman–Crippen MR) is 111 cm³/mol. The fourth-order valence-electron chi connectivity index (χ4n) is 3.40. The van der Waals surface area contributed by atoms with E-state index < -0.39 is 0 Å². The van der Waals surface area contributed by atoms with Crippen LogP contribution in [-0.2, 0) is 6.54 Å². The second-order valence-electron chi connectivity index (χ2n) is 7.04. The third kappa shape index (κ3) is 3.57. The zero-order chi connectivity index (χ0) is 20.5. The zero-order valence-electron chi connectivity index (χ0n) is 16.5. The van der Waals surface area contributed by atoms with Crippen molar-refractivity contribution < 1.29 is 9.21 Å². The Balaban J connectivity index is 1.62. The summed E-state index contributed by atoms with van der Waals surface area (Å²) in [5.74, 6) is 2.03. The number of hydrogen-bond donors (Lipinski definition) is 0. The Bertz CT molecular complexity index is 1250. The molecule has 0 bridgehead atoms. The first kappa shape index (κ1) is 18.7. The Morgan fingerprint density at radius 3 is 2.45 bits per heavy atom. The molecule has 0 radical (unpaired) electrons. The number of rotatable bonds is 4. The average Bonchev–Trinajstić information content (AvgIpc) is 3.12. The van der Waals surface area contributed by atoms with Crippen LogP contribution in [0, 0.1) is 13.8 Å². The van der Waals surface area contributed by atoms with Crippen LogP contribution < -0.4 is 5.56 Å². The molecule has 0 aliphatic heterocycles. The quantitative estimate of drug-likeness (QED) is 0.533. The summed E-state index contributed by atoms with van der Waals surface area (Å²) >= 11 is 0. The molecule has 0 unspecified atom stereocenters. The van der Waals surface area contributed by atoms with Gasteiger partial charge in [-0.1, -0.05) is 12.1 Å². The van der Waals surface area contributed by atoms with Crippen molar-refractivity contribution in [3.8, 4) is 5.69 Å². The van der Waals surface area contributed by atoms with Crippen molar-refractivity contribution in [3.63, 3.8) is 0 Å². The first-order chi connectivity index (χ1) is 13.9. The summed E-state index contributed by atoms with van der Waals surface area (Å²) < 4.78 is 7.10. The van der Waals surface area contributed by atoms with E-state index in [0.29, 0.717) is 34.5 Å². The van der Waals surface area contributed by atoms with Crippen molar-refractivity contribution in [2.75, 3.05) is 7.05 Å². The van der Waals surface area contributed by atoms with Gasteiger partial charge < -0.3 is 9.32 Å². The minimum absolute atomic E-state index is 0.119. The summed E-state index contributed by atoms with van der Waals surface area (Å²) in [5.41, 5.74) is 1.76. The van der Waals surface area contributed by atoms with Crippen LogP contribution in [0.15, 0.2) is 69.9 Å². The molecule has 0 aliphatic rings. The van der Waals surface area contributed by atoms with Crippen molar-refractivity contribution in [1.29, 1.82) is 0 Å². The molecule has 2 aromatic carbocycles. The highest BCUT2D eigenvalue weighted by atomic mass is 16.3. The largest absolute Gasteiger partial charge is 0.464 e. The van der Waals surface area contributed by atoms with Gasteiger partial charge in [-0.15, -0.1) is 0 Å². The summed E-state index contributed by atoms with van der Waals surface area (Å²) in [5, 5.41) is 0.562. The summed E-state index contributed by atoms with van der Waals surface area (Å²) in [6.07, 6.45) is 0. The van der Waals surface area contributed by atoms with Crippen LogP contribution in [0.1, 0.15) is 27.7 Å². The average molecular weight is 387 g/mol. The highest BCUT2D eigenvalue weighted by Gasteiger charge is 2.15. The molecule has 6 heteroatoms. The van der Waals surface area contributed by atoms with Gasteiger partial charge in [0.25, 0.3) is 11.5 Å². The van der Waals surface area contributed by atoms with E-state index in [0.717, 1.165) is 11.5 Å². The maximum absolute atomic E-state index is 12.9. The third-order valence-electron chi connectivity index (χ3n) is 4.85. The van der Waals surface area contributed by atoms with Gasteiger partial charge in [-0.25, -0.2) is 4.98 Å². The molecule has 0 fully saturated rings. The summed E-state index contributed by atoms with van der Waals surface area (Å²) in [6, 6.07) is 18.0. The molecule has 0 spiro atoms. The number of fused-ring (bicyclic) bond motifs is 1. The van der Waals surface area contributed by atoms with Gasteiger partial charge >= 0.3 is 0 Å². The Kier molecular flexibility index (Phi) is 4.76. The molecule has 4 aromatic rings. The molecule has 0 atom stereocenters. The lowest BCUT2D eigenvalue weighted by atomic mass is 10.1. The van der Waals surface area contributed by atoms with Crippen molar-refractivity contribution in [3.05, 3.63) is 93.9 Å². The Morgan fingerprint density at radius 2 is 1.76 bits per heavy atom. The second-order valence-corrected chi connectivity index (χ2v) is 7.04. The van der Waals surface area contributed by atoms with E-state index in [1.165, 1.54) is 0 Å². The minimum Gasteiger partial charge on any atom is -0.464 e. The minimum atomic E-state index is -0.127. The first-order valence-electron chi connectivity index (χ1n) is 9.33. The summed E-state index contributed by atoms with van der Waals surface area (Å²) in [7, 11) is 1.73. The number of furan rings is 1. The number of benzene rings is 2. The van der Waals surface area contributed by atoms with E-state index >= 15 is 0 Å². The van der Waals surface area contributed by atoms with Crippen LogP contribution in [0.3, 0.4) is 0 Å². The maximum atomic E-state index is 12.9. The van der Waals surface area contributed by atoms with Crippen LogP contribution >= 0.6 is 0 Å². The lowest BCUT2D eigenvalue weighted by Gasteiger charge is -2.16. The molecule has 6 nitrogen and oxygen atoms in total. The van der Waals surface area contributed by atoms with E-state index in [4.69, 9.17) is 4.42 Å². The molecule has 146 valence electrons. The number of amides is 1. The Labute approximate surface area is 168 Å². The van der Waals surface area contributed by atoms with Gasteiger partial charge in [0, 0.05) is 12.6 Å². The van der Waals surface area contributed by atoms with Gasteiger partial charge in [-0.05, 0) is 62.4 Å². The second kappa shape index (κ2) is 7.39. The molecule has 0 N–H and O–H groups in total. The SMILES string of the molecule is Cc1ccc(CN(C)C(=O)c2ccc(-n3c(C)nc4ccccc4c3=O)cc2)o1. The molecule has 2 heterocycles. The van der Waals surface area contributed by atoms with Crippen LogP contribution in [0.4, 0.5) is 0 Å². The number of hydrogen-bond acceptors (Lipinski definition) is 4. The lowest BCUT2D eigenvalue weighted by Crippen LogP contribution is -2.26. The molecule has 0 aliphatic carbocycles. The van der Waals surface area contributed by atoms with Crippen molar-refractivity contribution in [2.45, 2.75) is 20.4 Å². The normalized spacial score (nSPS) is 11.0. The molecular formula is C23H21N3O3. The fourth-order valence-corrected chi connectivity index (χ4v) is 3.40. The van der Waals surface area contributed by atoms with Gasteiger partial charge in [-0.2, -0.15) is 0 Å². The van der Waals surface area contributed by atoms with Crippen LogP contribution in [-0.4, -0.2) is 27.4 Å². The number of carbonyl (C=O) groups is 1. The van der Waals surface area contributed by atoms with Gasteiger partial charge in [0.1, 0.15) is 17.3 Å². The van der Waals surface area contributed by atoms with E-state index in [9.17, 15) is 9.59 Å². The highest BCUT2D eigenvalue weighted by Crippen LogP contribution is 2.15. The monoisotopic (exact) mass is 387 g/mol. The van der Waals surface area contributed by atoms with Crippen LogP contribution in [0.25, 0.3) is 16.6 Å². The number of aryl methyl sites for hydroxylation is 2. The Morgan fingerprint density at radius 1 is 1.03 bits per heavy atom. The van der Waals surface area contributed by atoms with Crippen molar-refractivity contribution >= 4 is 16.8 Å². The molecule has 0 saturated carbocycles. The molecule has 4 rings (SSSR count). The highest BCUT2D eigenvalue weighted by molar-refractivity contribution is 5.94. The van der Waals surface area contributed by atoms with E-state index in [-0.39, 0.29) is 11.5 Å². The van der Waals surface area contributed by atoms with Crippen molar-refractivity contribution in [1.82, 2.24) is 14.5 Å². The van der Waals surface area contributed by atoms with E-state index in [1.54, 1.807) is 53.8 Å². The molecule has 2 aromatic heterocycles. The number of para-hydroxylation sites is 1. The fraction of sp³-hybridized carbons (Fsp3) is 0.174. The smallest absolute Gasteiger partial charge is 0.265 e. The standard InChI is InChI=1S/C23H21N3O3/c1-15-8-13-19(29-15)14-25(3)22(27)17-9-11-18(12-10-17)26-16(2)24-21-7-5-4-6-20(21)23(26)28/h4-13H,14H2,1-3H3.